The fourth-order valence-electron chi connectivity index (χ4n) is 5.33. The van der Waals surface area contributed by atoms with Crippen molar-refractivity contribution in [3.8, 4) is 16.9 Å². The van der Waals surface area contributed by atoms with Crippen molar-refractivity contribution < 1.29 is 23.1 Å². The minimum Gasteiger partial charge on any atom is -0.507 e. The van der Waals surface area contributed by atoms with Gasteiger partial charge in [0.1, 0.15) is 11.6 Å². The molecule has 13 heteroatoms. The van der Waals surface area contributed by atoms with Gasteiger partial charge in [0.2, 0.25) is 5.91 Å². The van der Waals surface area contributed by atoms with Gasteiger partial charge in [-0.15, -0.1) is 0 Å². The summed E-state index contributed by atoms with van der Waals surface area (Å²) in [5, 5.41) is 13.9. The summed E-state index contributed by atoms with van der Waals surface area (Å²) in [6, 6.07) is 19.8. The largest absolute Gasteiger partial charge is 0.507 e. The molecule has 8 nitrogen and oxygen atoms in total. The van der Waals surface area contributed by atoms with Gasteiger partial charge in [-0.1, -0.05) is 29.4 Å². The van der Waals surface area contributed by atoms with E-state index in [-0.39, 0.29) is 50.1 Å². The predicted octanol–water partition coefficient (Wildman–Crippen LogP) is 6.88. The third kappa shape index (κ3) is 6.99. The third-order valence-corrected chi connectivity index (χ3v) is 8.93. The zero-order valence-corrected chi connectivity index (χ0v) is 25.7. The number of amides is 1. The maximum atomic E-state index is 13.7. The van der Waals surface area contributed by atoms with Crippen molar-refractivity contribution in [2.24, 2.45) is 0 Å². The first-order chi connectivity index (χ1) is 22.0. The van der Waals surface area contributed by atoms with Crippen LogP contribution in [0.2, 0.25) is 5.02 Å². The van der Waals surface area contributed by atoms with Gasteiger partial charge in [-0.05, 0) is 72.8 Å². The second kappa shape index (κ2) is 13.1. The zero-order chi connectivity index (χ0) is 32.4. The van der Waals surface area contributed by atoms with Crippen molar-refractivity contribution in [3.63, 3.8) is 0 Å². The predicted molar refractivity (Wildman–Crippen MR) is 174 cm³/mol. The van der Waals surface area contributed by atoms with Crippen LogP contribution in [-0.2, 0) is 11.0 Å². The van der Waals surface area contributed by atoms with Gasteiger partial charge in [-0.3, -0.25) is 14.5 Å². The average Bonchev–Trinajstić information content (AvgIpc) is 3.03. The molecule has 2 aromatic heterocycles. The second-order valence-electron chi connectivity index (χ2n) is 10.7. The van der Waals surface area contributed by atoms with Gasteiger partial charge in [-0.2, -0.15) is 13.2 Å². The normalized spacial score (nSPS) is 14.0. The first kappa shape index (κ1) is 31.5. The Balaban J connectivity index is 1.21. The number of H-pyrrole nitrogens is 1. The molecule has 6 rings (SSSR count). The summed E-state index contributed by atoms with van der Waals surface area (Å²) in [5.41, 5.74) is -0.483. The van der Waals surface area contributed by atoms with E-state index >= 15 is 0 Å². The van der Waals surface area contributed by atoms with Gasteiger partial charge in [0, 0.05) is 70.0 Å². The number of halogens is 4. The number of pyridine rings is 2. The van der Waals surface area contributed by atoms with E-state index in [4.69, 9.17) is 11.6 Å². The number of nitrogens with zero attached hydrogens (tertiary/aromatic N) is 3. The highest BCUT2D eigenvalue weighted by atomic mass is 35.5. The van der Waals surface area contributed by atoms with Crippen molar-refractivity contribution in [2.45, 2.75) is 16.0 Å². The maximum Gasteiger partial charge on any atom is 0.416 e. The summed E-state index contributed by atoms with van der Waals surface area (Å²) in [6.45, 7) is 3.18. The van der Waals surface area contributed by atoms with Crippen molar-refractivity contribution in [1.82, 2.24) is 14.9 Å². The number of phenolic OH excluding ortho intramolecular Hbond substituents is 1. The lowest BCUT2D eigenvalue weighted by Crippen LogP contribution is -2.48. The number of carbonyl (C=O) groups is 1. The van der Waals surface area contributed by atoms with Gasteiger partial charge in [0.25, 0.3) is 5.56 Å². The Hall–Kier alpha value is -4.52. The van der Waals surface area contributed by atoms with E-state index in [9.17, 15) is 27.9 Å². The number of piperazine rings is 1. The number of anilines is 2. The summed E-state index contributed by atoms with van der Waals surface area (Å²) >= 11 is 7.22. The maximum absolute atomic E-state index is 13.7. The van der Waals surface area contributed by atoms with Crippen LogP contribution in [0.5, 0.6) is 5.75 Å². The first-order valence-corrected chi connectivity index (χ1v) is 15.5. The molecule has 5 aromatic rings. The Kier molecular flexibility index (Phi) is 8.94. The Morgan fingerprint density at radius 1 is 1.00 bits per heavy atom. The van der Waals surface area contributed by atoms with E-state index in [0.717, 1.165) is 55.9 Å². The second-order valence-corrected chi connectivity index (χ2v) is 12.2. The Morgan fingerprint density at radius 2 is 1.76 bits per heavy atom. The van der Waals surface area contributed by atoms with Gasteiger partial charge in [0.15, 0.2) is 0 Å². The molecule has 236 valence electrons. The lowest BCUT2D eigenvalue weighted by atomic mass is 9.98. The minimum atomic E-state index is -4.63. The molecule has 0 saturated carbocycles. The number of hydrogen-bond acceptors (Lipinski definition) is 7. The number of nitrogens with one attached hydrogen (secondary N) is 2. The first-order valence-electron chi connectivity index (χ1n) is 14.3. The van der Waals surface area contributed by atoms with Gasteiger partial charge >= 0.3 is 6.18 Å². The number of carbonyl (C=O) groups excluding carboxylic acids is 1. The van der Waals surface area contributed by atoms with Crippen LogP contribution >= 0.6 is 23.4 Å². The van der Waals surface area contributed by atoms with E-state index in [1.807, 2.05) is 18.2 Å². The quantitative estimate of drug-likeness (QED) is 0.174. The number of benzene rings is 3. The molecule has 0 unspecified atom stereocenters. The zero-order valence-electron chi connectivity index (χ0n) is 24.1. The summed E-state index contributed by atoms with van der Waals surface area (Å²) in [5.74, 6) is 0.501. The molecule has 0 atom stereocenters. The number of rotatable bonds is 7. The van der Waals surface area contributed by atoms with Gasteiger partial charge in [0.05, 0.1) is 17.0 Å². The Morgan fingerprint density at radius 3 is 2.46 bits per heavy atom. The van der Waals surface area contributed by atoms with Crippen LogP contribution < -0.4 is 15.8 Å². The monoisotopic (exact) mass is 665 g/mol. The molecule has 3 aromatic carbocycles. The third-order valence-electron chi connectivity index (χ3n) is 7.60. The van der Waals surface area contributed by atoms with Crippen molar-refractivity contribution in [1.29, 1.82) is 0 Å². The molecule has 0 bridgehead atoms. The van der Waals surface area contributed by atoms with E-state index < -0.39 is 17.3 Å². The molecule has 46 heavy (non-hydrogen) atoms. The number of alkyl halides is 3. The van der Waals surface area contributed by atoms with Crippen molar-refractivity contribution in [3.05, 3.63) is 106 Å². The van der Waals surface area contributed by atoms with Crippen molar-refractivity contribution >= 4 is 51.7 Å². The highest BCUT2D eigenvalue weighted by molar-refractivity contribution is 7.99. The fraction of sp³-hybridized carbons (Fsp3) is 0.182. The van der Waals surface area contributed by atoms with Crippen LogP contribution in [0.3, 0.4) is 0 Å². The van der Waals surface area contributed by atoms with Crippen LogP contribution in [0.4, 0.5) is 24.7 Å². The minimum absolute atomic E-state index is 0.0750. The van der Waals surface area contributed by atoms with Crippen LogP contribution in [0.15, 0.2) is 99.6 Å². The molecular weight excluding hydrogens is 639 g/mol. The summed E-state index contributed by atoms with van der Waals surface area (Å²) in [4.78, 5) is 38.1. The van der Waals surface area contributed by atoms with Gasteiger partial charge in [-0.25, -0.2) is 4.98 Å². The van der Waals surface area contributed by atoms with Crippen LogP contribution in [0.25, 0.3) is 22.0 Å². The van der Waals surface area contributed by atoms with Crippen LogP contribution in [0.1, 0.15) is 5.56 Å². The molecule has 1 fully saturated rings. The SMILES string of the molecule is O=C(CN1CCN(c2ccccn2)CC1)Nc1ccc(Sc2c(-c3cc(Cl)ccc3O)c3cc(C(F)(F)F)ccc3[nH]c2=O)cc1. The number of aromatic amines is 1. The fourth-order valence-corrected chi connectivity index (χ4v) is 6.47. The average molecular weight is 666 g/mol. The number of aromatic nitrogens is 2. The molecular formula is C33H27ClF3N5O3S. The Labute approximate surface area is 270 Å². The lowest BCUT2D eigenvalue weighted by molar-refractivity contribution is -0.137. The van der Waals surface area contributed by atoms with E-state index in [1.165, 1.54) is 24.3 Å². The molecule has 1 aliphatic heterocycles. The molecule has 0 aliphatic carbocycles. The molecule has 0 spiro atoms. The number of fused-ring (bicyclic) bond motifs is 1. The number of aromatic hydroxyl groups is 1. The number of phenols is 1. The summed E-state index contributed by atoms with van der Waals surface area (Å²) < 4.78 is 41.0. The highest BCUT2D eigenvalue weighted by Gasteiger charge is 2.31. The molecule has 1 aliphatic rings. The van der Waals surface area contributed by atoms with Crippen LogP contribution in [0, 0.1) is 0 Å². The van der Waals surface area contributed by atoms with Gasteiger partial charge < -0.3 is 20.3 Å². The van der Waals surface area contributed by atoms with Crippen molar-refractivity contribution in [2.75, 3.05) is 42.9 Å². The topological polar surface area (TPSA) is 102 Å². The standard InChI is InChI=1S/C33H27ClF3N5O3S/c34-21-5-11-27(43)25(18-21)30-24-17-20(33(35,36)37)4-10-26(24)40-32(45)31(30)46-23-8-6-22(7-9-23)39-29(44)19-41-13-15-42(16-14-41)28-3-1-2-12-38-28/h1-12,17-18,43H,13-16,19H2,(H,39,44)(H,40,45). The Bertz CT molecular complexity index is 1950. The van der Waals surface area contributed by atoms with E-state index in [0.29, 0.717) is 10.6 Å². The molecule has 0 radical (unpaired) electrons. The van der Waals surface area contributed by atoms with E-state index in [2.05, 4.69) is 25.1 Å². The molecule has 1 saturated heterocycles. The highest BCUT2D eigenvalue weighted by Crippen LogP contribution is 2.43. The van der Waals surface area contributed by atoms with Crippen LogP contribution in [-0.4, -0.2) is 58.6 Å². The summed E-state index contributed by atoms with van der Waals surface area (Å²) in [6.07, 6.45) is -2.87. The summed E-state index contributed by atoms with van der Waals surface area (Å²) in [7, 11) is 0. The molecule has 3 N–H and O–H groups in total. The molecule has 1 amide bonds. The molecule has 3 heterocycles. The van der Waals surface area contributed by atoms with E-state index in [1.54, 1.807) is 30.5 Å². The smallest absolute Gasteiger partial charge is 0.416 e. The lowest BCUT2D eigenvalue weighted by Gasteiger charge is -2.34. The number of hydrogen-bond donors (Lipinski definition) is 3.